The number of nitrogens with one attached hydrogen (secondary N) is 4. The molecule has 1 aliphatic rings. The average molecular weight is 440 g/mol. The second-order valence-electron chi connectivity index (χ2n) is 7.44. The summed E-state index contributed by atoms with van der Waals surface area (Å²) in [6.45, 7) is 0. The van der Waals surface area contributed by atoms with E-state index in [9.17, 15) is 18.8 Å². The quantitative estimate of drug-likeness (QED) is 0.356. The fraction of sp³-hybridized carbons (Fsp3) is 0. The summed E-state index contributed by atoms with van der Waals surface area (Å²) in [6.07, 6.45) is 6.14. The number of aromatic nitrogens is 2. The average Bonchev–Trinajstić information content (AvgIpc) is 3.42. The number of aromatic amines is 2. The van der Waals surface area contributed by atoms with Crippen LogP contribution in [0.1, 0.15) is 21.6 Å². The number of H-pyrrole nitrogens is 2. The number of anilines is 2. The number of hydrogen-bond donors (Lipinski definition) is 4. The van der Waals surface area contributed by atoms with Gasteiger partial charge in [-0.05, 0) is 36.4 Å². The van der Waals surface area contributed by atoms with Crippen LogP contribution in [0.3, 0.4) is 0 Å². The van der Waals surface area contributed by atoms with Gasteiger partial charge in [-0.15, -0.1) is 0 Å². The van der Waals surface area contributed by atoms with E-state index in [1.807, 2.05) is 12.1 Å². The van der Waals surface area contributed by atoms with Crippen LogP contribution in [-0.4, -0.2) is 21.8 Å². The summed E-state index contributed by atoms with van der Waals surface area (Å²) in [5, 5.41) is 5.45. The van der Waals surface area contributed by atoms with E-state index < -0.39 is 17.2 Å². The lowest BCUT2D eigenvalue weighted by Gasteiger charge is -2.08. The van der Waals surface area contributed by atoms with E-state index in [0.717, 1.165) is 5.69 Å². The smallest absolute Gasteiger partial charge is 0.261 e. The van der Waals surface area contributed by atoms with E-state index >= 15 is 0 Å². The minimum Gasteiger partial charge on any atom is -0.366 e. The molecule has 8 heteroatoms. The van der Waals surface area contributed by atoms with Gasteiger partial charge in [-0.1, -0.05) is 24.3 Å². The third-order valence-corrected chi connectivity index (χ3v) is 5.34. The summed E-state index contributed by atoms with van der Waals surface area (Å²) < 4.78 is 14.2. The number of carbonyl (C=O) groups excluding carboxylic acids is 2. The molecule has 2 aromatic heterocycles. The number of carbonyl (C=O) groups is 2. The normalized spacial score (nSPS) is 13.6. The van der Waals surface area contributed by atoms with Crippen LogP contribution in [0, 0.1) is 5.82 Å². The number of fused-ring (bicyclic) bond motifs is 1. The summed E-state index contributed by atoms with van der Waals surface area (Å²) in [7, 11) is 0. The van der Waals surface area contributed by atoms with Gasteiger partial charge in [0.05, 0.1) is 11.3 Å². The Hall–Kier alpha value is -4.72. The van der Waals surface area contributed by atoms with Crippen molar-refractivity contribution in [3.63, 3.8) is 0 Å². The highest BCUT2D eigenvalue weighted by Crippen LogP contribution is 2.35. The zero-order valence-electron chi connectivity index (χ0n) is 17.1. The maximum Gasteiger partial charge on any atom is 0.261 e. The molecule has 0 spiro atoms. The number of pyridine rings is 1. The third kappa shape index (κ3) is 3.74. The van der Waals surface area contributed by atoms with Gasteiger partial charge in [0.15, 0.2) is 0 Å². The van der Waals surface area contributed by atoms with Crippen molar-refractivity contribution in [2.75, 3.05) is 10.6 Å². The van der Waals surface area contributed by atoms with Crippen molar-refractivity contribution in [1.82, 2.24) is 9.97 Å². The molecule has 0 unspecified atom stereocenters. The van der Waals surface area contributed by atoms with Gasteiger partial charge in [-0.2, -0.15) is 0 Å². The predicted octanol–water partition coefficient (Wildman–Crippen LogP) is 4.25. The first-order valence-corrected chi connectivity index (χ1v) is 10.1. The van der Waals surface area contributed by atoms with Crippen LogP contribution in [0.5, 0.6) is 0 Å². The van der Waals surface area contributed by atoms with Crippen LogP contribution in [0.2, 0.25) is 0 Å². The second-order valence-corrected chi connectivity index (χ2v) is 7.44. The summed E-state index contributed by atoms with van der Waals surface area (Å²) in [5.41, 5.74) is 2.34. The van der Waals surface area contributed by atoms with E-state index in [1.54, 1.807) is 36.5 Å². The van der Waals surface area contributed by atoms with Crippen molar-refractivity contribution in [3.8, 4) is 11.1 Å². The monoisotopic (exact) mass is 440 g/mol. The van der Waals surface area contributed by atoms with E-state index in [-0.39, 0.29) is 22.6 Å². The van der Waals surface area contributed by atoms with E-state index in [2.05, 4.69) is 20.6 Å². The molecule has 0 radical (unpaired) electrons. The van der Waals surface area contributed by atoms with Gasteiger partial charge < -0.3 is 20.6 Å². The Bertz CT molecular complexity index is 1490. The van der Waals surface area contributed by atoms with Gasteiger partial charge in [-0.3, -0.25) is 14.4 Å². The Morgan fingerprint density at radius 3 is 2.58 bits per heavy atom. The van der Waals surface area contributed by atoms with E-state index in [1.165, 1.54) is 30.6 Å². The number of benzene rings is 2. The van der Waals surface area contributed by atoms with Crippen LogP contribution >= 0.6 is 0 Å². The van der Waals surface area contributed by atoms with Crippen molar-refractivity contribution >= 4 is 34.8 Å². The van der Waals surface area contributed by atoms with E-state index in [0.29, 0.717) is 22.5 Å². The molecule has 2 amide bonds. The third-order valence-electron chi connectivity index (χ3n) is 5.34. The topological polar surface area (TPSA) is 107 Å². The summed E-state index contributed by atoms with van der Waals surface area (Å²) in [4.78, 5) is 43.8. The SMILES string of the molecule is O=C1Nc2cc(NC(=O)c3c[nH]cc(-c4ccccc4F)c3=O)ccc2/C1=C\c1ccc[nH]1. The fourth-order valence-electron chi connectivity index (χ4n) is 3.74. The van der Waals surface area contributed by atoms with Gasteiger partial charge in [0.2, 0.25) is 5.43 Å². The van der Waals surface area contributed by atoms with Crippen LogP contribution in [-0.2, 0) is 4.79 Å². The minimum atomic E-state index is -0.652. The van der Waals surface area contributed by atoms with Gasteiger partial charge >= 0.3 is 0 Å². The zero-order chi connectivity index (χ0) is 22.9. The Morgan fingerprint density at radius 1 is 0.939 bits per heavy atom. The minimum absolute atomic E-state index is 0.0565. The lowest BCUT2D eigenvalue weighted by Crippen LogP contribution is -2.23. The Morgan fingerprint density at radius 2 is 1.79 bits per heavy atom. The van der Waals surface area contributed by atoms with Gasteiger partial charge in [0.25, 0.3) is 11.8 Å². The highest BCUT2D eigenvalue weighted by Gasteiger charge is 2.25. The highest BCUT2D eigenvalue weighted by atomic mass is 19.1. The molecule has 2 aromatic carbocycles. The Balaban J connectivity index is 1.43. The van der Waals surface area contributed by atoms with Crippen molar-refractivity contribution in [2.45, 2.75) is 0 Å². The molecule has 4 aromatic rings. The number of hydrogen-bond acceptors (Lipinski definition) is 3. The van der Waals surface area contributed by atoms with Crippen molar-refractivity contribution in [3.05, 3.63) is 106 Å². The second kappa shape index (κ2) is 8.08. The van der Waals surface area contributed by atoms with Crippen molar-refractivity contribution in [1.29, 1.82) is 0 Å². The van der Waals surface area contributed by atoms with Crippen LogP contribution in [0.15, 0.2) is 78.0 Å². The van der Waals surface area contributed by atoms with Crippen molar-refractivity contribution in [2.24, 2.45) is 0 Å². The van der Waals surface area contributed by atoms with Gasteiger partial charge in [0.1, 0.15) is 11.4 Å². The predicted molar refractivity (Wildman–Crippen MR) is 124 cm³/mol. The Kier molecular flexibility index (Phi) is 4.95. The zero-order valence-corrected chi connectivity index (χ0v) is 17.1. The maximum atomic E-state index is 14.2. The molecule has 162 valence electrons. The molecule has 0 saturated heterocycles. The molecule has 1 aliphatic heterocycles. The molecule has 0 bridgehead atoms. The first kappa shape index (κ1) is 20.2. The number of amides is 2. The molecule has 33 heavy (non-hydrogen) atoms. The van der Waals surface area contributed by atoms with Gasteiger partial charge in [-0.25, -0.2) is 4.39 Å². The van der Waals surface area contributed by atoms with Crippen molar-refractivity contribution < 1.29 is 14.0 Å². The molecule has 3 heterocycles. The lowest BCUT2D eigenvalue weighted by molar-refractivity contribution is -0.110. The number of halogens is 1. The summed E-state index contributed by atoms with van der Waals surface area (Å²) in [5.74, 6) is -1.46. The molecular weight excluding hydrogens is 423 g/mol. The Labute approximate surface area is 187 Å². The first-order valence-electron chi connectivity index (χ1n) is 10.1. The van der Waals surface area contributed by atoms with Crippen LogP contribution < -0.4 is 16.1 Å². The molecule has 4 N–H and O–H groups in total. The molecule has 0 fully saturated rings. The summed E-state index contributed by atoms with van der Waals surface area (Å²) >= 11 is 0. The standard InChI is InChI=1S/C25H17FN4O3/c26-21-6-2-1-5-16(21)19-12-27-13-20(23(19)31)25(33)29-15-7-8-17-18(10-14-4-3-9-28-14)24(32)30-22(17)11-15/h1-13,28H,(H,27,31)(H,29,33)(H,30,32)/b18-10+. The molecule has 0 aliphatic carbocycles. The molecule has 5 rings (SSSR count). The number of rotatable bonds is 4. The molecular formula is C25H17FN4O3. The molecule has 0 saturated carbocycles. The van der Waals surface area contributed by atoms with Gasteiger partial charge in [0, 0.05) is 46.7 Å². The largest absolute Gasteiger partial charge is 0.366 e. The molecule has 0 atom stereocenters. The van der Waals surface area contributed by atoms with Crippen LogP contribution in [0.4, 0.5) is 15.8 Å². The first-order chi connectivity index (χ1) is 16.0. The fourth-order valence-corrected chi connectivity index (χ4v) is 3.74. The molecule has 7 nitrogen and oxygen atoms in total. The lowest BCUT2D eigenvalue weighted by atomic mass is 10.0. The summed E-state index contributed by atoms with van der Waals surface area (Å²) in [6, 6.07) is 14.5. The van der Waals surface area contributed by atoms with Crippen LogP contribution in [0.25, 0.3) is 22.8 Å². The van der Waals surface area contributed by atoms with E-state index in [4.69, 9.17) is 0 Å². The highest BCUT2D eigenvalue weighted by molar-refractivity contribution is 6.35. The maximum absolute atomic E-state index is 14.2.